The lowest BCUT2D eigenvalue weighted by molar-refractivity contribution is 0.128. The predicted molar refractivity (Wildman–Crippen MR) is 61.3 cm³/mol. The van der Waals surface area contributed by atoms with Gasteiger partial charge in [0.2, 0.25) is 0 Å². The van der Waals surface area contributed by atoms with Crippen molar-refractivity contribution in [2.75, 3.05) is 39.9 Å². The van der Waals surface area contributed by atoms with Crippen LogP contribution in [-0.4, -0.2) is 44.8 Å². The van der Waals surface area contributed by atoms with Crippen molar-refractivity contribution in [3.63, 3.8) is 0 Å². The fraction of sp³-hybridized carbons (Fsp3) is 0.818. The third kappa shape index (κ3) is 6.13. The second kappa shape index (κ2) is 6.98. The van der Waals surface area contributed by atoms with E-state index in [1.54, 1.807) is 7.11 Å². The third-order valence-corrected chi connectivity index (χ3v) is 2.20. The van der Waals surface area contributed by atoms with Crippen LogP contribution in [0.2, 0.25) is 0 Å². The summed E-state index contributed by atoms with van der Waals surface area (Å²) < 4.78 is 5.06. The lowest BCUT2D eigenvalue weighted by Crippen LogP contribution is -2.40. The Morgan fingerprint density at radius 3 is 2.57 bits per heavy atom. The molecule has 0 aliphatic carbocycles. The van der Waals surface area contributed by atoms with Gasteiger partial charge in [-0.3, -0.25) is 4.90 Å². The Morgan fingerprint density at radius 2 is 2.14 bits per heavy atom. The molecule has 0 fully saturated rings. The Bertz CT molecular complexity index is 157. The van der Waals surface area contributed by atoms with E-state index >= 15 is 0 Å². The number of hydrogen-bond acceptors (Lipinski definition) is 3. The first-order valence-electron chi connectivity index (χ1n) is 5.08. The lowest BCUT2D eigenvalue weighted by atomic mass is 9.93. The number of rotatable bonds is 8. The first-order valence-corrected chi connectivity index (χ1v) is 5.08. The molecule has 0 aliphatic heterocycles. The van der Waals surface area contributed by atoms with Crippen LogP contribution in [-0.2, 0) is 4.74 Å². The molecule has 0 aromatic rings. The van der Waals surface area contributed by atoms with E-state index in [4.69, 9.17) is 10.5 Å². The van der Waals surface area contributed by atoms with E-state index in [1.165, 1.54) is 0 Å². The summed E-state index contributed by atoms with van der Waals surface area (Å²) in [6, 6.07) is 0. The van der Waals surface area contributed by atoms with Gasteiger partial charge >= 0.3 is 0 Å². The zero-order valence-corrected chi connectivity index (χ0v) is 9.75. The highest BCUT2D eigenvalue weighted by atomic mass is 16.5. The molecule has 0 bridgehead atoms. The van der Waals surface area contributed by atoms with E-state index in [-0.39, 0.29) is 5.41 Å². The van der Waals surface area contributed by atoms with Gasteiger partial charge in [-0.1, -0.05) is 19.9 Å². The minimum Gasteiger partial charge on any atom is -0.383 e. The molecule has 0 aromatic carbocycles. The van der Waals surface area contributed by atoms with Gasteiger partial charge in [-0.25, -0.2) is 0 Å². The van der Waals surface area contributed by atoms with Crippen molar-refractivity contribution in [3.8, 4) is 0 Å². The van der Waals surface area contributed by atoms with Crippen LogP contribution in [0.3, 0.4) is 0 Å². The van der Waals surface area contributed by atoms with Gasteiger partial charge in [-0.2, -0.15) is 0 Å². The van der Waals surface area contributed by atoms with Crippen molar-refractivity contribution in [1.82, 2.24) is 4.90 Å². The van der Waals surface area contributed by atoms with Crippen LogP contribution in [0.4, 0.5) is 0 Å². The summed E-state index contributed by atoms with van der Waals surface area (Å²) in [7, 11) is 1.72. The quantitative estimate of drug-likeness (QED) is 0.596. The number of nitrogens with two attached hydrogens (primary N) is 1. The van der Waals surface area contributed by atoms with Crippen molar-refractivity contribution in [3.05, 3.63) is 12.7 Å². The minimum absolute atomic E-state index is 0.163. The molecule has 0 radical (unpaired) electrons. The van der Waals surface area contributed by atoms with Crippen LogP contribution < -0.4 is 5.73 Å². The third-order valence-electron chi connectivity index (χ3n) is 2.20. The molecular formula is C11H24N2O. The fourth-order valence-electron chi connectivity index (χ4n) is 1.31. The van der Waals surface area contributed by atoms with Gasteiger partial charge in [0.25, 0.3) is 0 Å². The van der Waals surface area contributed by atoms with Crippen LogP contribution in [0, 0.1) is 5.41 Å². The summed E-state index contributed by atoms with van der Waals surface area (Å²) in [4.78, 5) is 2.31. The van der Waals surface area contributed by atoms with E-state index in [0.29, 0.717) is 6.54 Å². The van der Waals surface area contributed by atoms with Crippen LogP contribution in [0.1, 0.15) is 13.8 Å². The standard InChI is InChI=1S/C11H24N2O/c1-5-6-13(7-8-14-4)10-11(2,3)9-12/h5H,1,6-10,12H2,2-4H3. The molecule has 0 aromatic heterocycles. The summed E-state index contributed by atoms with van der Waals surface area (Å²) in [6.07, 6.45) is 1.92. The molecular weight excluding hydrogens is 176 g/mol. The van der Waals surface area contributed by atoms with Crippen molar-refractivity contribution in [2.45, 2.75) is 13.8 Å². The summed E-state index contributed by atoms with van der Waals surface area (Å²) >= 11 is 0. The van der Waals surface area contributed by atoms with Crippen molar-refractivity contribution in [2.24, 2.45) is 11.1 Å². The SMILES string of the molecule is C=CCN(CCOC)CC(C)(C)CN. The minimum atomic E-state index is 0.163. The second-order valence-corrected chi connectivity index (χ2v) is 4.38. The Morgan fingerprint density at radius 1 is 1.50 bits per heavy atom. The van der Waals surface area contributed by atoms with E-state index < -0.39 is 0 Å². The van der Waals surface area contributed by atoms with Crippen LogP contribution in [0.25, 0.3) is 0 Å². The number of methoxy groups -OCH3 is 1. The summed E-state index contributed by atoms with van der Waals surface area (Å²) in [6.45, 7) is 12.4. The van der Waals surface area contributed by atoms with Crippen molar-refractivity contribution < 1.29 is 4.74 Å². The highest BCUT2D eigenvalue weighted by molar-refractivity contribution is 4.79. The molecule has 3 heteroatoms. The smallest absolute Gasteiger partial charge is 0.0589 e. The van der Waals surface area contributed by atoms with E-state index in [2.05, 4.69) is 25.3 Å². The Kier molecular flexibility index (Phi) is 6.79. The molecule has 0 saturated carbocycles. The fourth-order valence-corrected chi connectivity index (χ4v) is 1.31. The molecule has 0 spiro atoms. The predicted octanol–water partition coefficient (Wildman–Crippen LogP) is 1.11. The summed E-state index contributed by atoms with van der Waals surface area (Å²) in [5.41, 5.74) is 5.86. The Hall–Kier alpha value is -0.380. The normalized spacial score (nSPS) is 12.1. The average Bonchev–Trinajstić information content (AvgIpc) is 2.14. The molecule has 0 atom stereocenters. The highest BCUT2D eigenvalue weighted by Crippen LogP contribution is 2.14. The number of hydrogen-bond donors (Lipinski definition) is 1. The van der Waals surface area contributed by atoms with Gasteiger partial charge in [0.05, 0.1) is 6.61 Å². The van der Waals surface area contributed by atoms with Crippen LogP contribution >= 0.6 is 0 Å². The first-order chi connectivity index (χ1) is 6.55. The van der Waals surface area contributed by atoms with Crippen molar-refractivity contribution >= 4 is 0 Å². The van der Waals surface area contributed by atoms with Gasteiger partial charge in [0.15, 0.2) is 0 Å². The van der Waals surface area contributed by atoms with Gasteiger partial charge in [-0.15, -0.1) is 6.58 Å². The maximum atomic E-state index is 5.70. The highest BCUT2D eigenvalue weighted by Gasteiger charge is 2.19. The van der Waals surface area contributed by atoms with Gasteiger partial charge in [-0.05, 0) is 12.0 Å². The molecule has 0 aliphatic rings. The van der Waals surface area contributed by atoms with Crippen LogP contribution in [0.15, 0.2) is 12.7 Å². The molecule has 0 rings (SSSR count). The molecule has 0 unspecified atom stereocenters. The van der Waals surface area contributed by atoms with Gasteiger partial charge < -0.3 is 10.5 Å². The average molecular weight is 200 g/mol. The summed E-state index contributed by atoms with van der Waals surface area (Å²) in [5.74, 6) is 0. The maximum absolute atomic E-state index is 5.70. The molecule has 0 heterocycles. The molecule has 84 valence electrons. The molecule has 3 nitrogen and oxygen atoms in total. The lowest BCUT2D eigenvalue weighted by Gasteiger charge is -2.30. The largest absolute Gasteiger partial charge is 0.383 e. The molecule has 0 amide bonds. The molecule has 0 saturated heterocycles. The van der Waals surface area contributed by atoms with E-state index in [9.17, 15) is 0 Å². The Labute approximate surface area is 87.9 Å². The van der Waals surface area contributed by atoms with Crippen molar-refractivity contribution in [1.29, 1.82) is 0 Å². The van der Waals surface area contributed by atoms with Gasteiger partial charge in [0, 0.05) is 26.7 Å². The van der Waals surface area contributed by atoms with E-state index in [1.807, 2.05) is 6.08 Å². The van der Waals surface area contributed by atoms with E-state index in [0.717, 1.165) is 26.2 Å². The number of nitrogens with zero attached hydrogens (tertiary/aromatic N) is 1. The second-order valence-electron chi connectivity index (χ2n) is 4.38. The monoisotopic (exact) mass is 200 g/mol. The number of ether oxygens (including phenoxy) is 1. The maximum Gasteiger partial charge on any atom is 0.0589 e. The van der Waals surface area contributed by atoms with Crippen LogP contribution in [0.5, 0.6) is 0 Å². The zero-order chi connectivity index (χ0) is 11.0. The summed E-state index contributed by atoms with van der Waals surface area (Å²) in [5, 5.41) is 0. The Balaban J connectivity index is 4.00. The molecule has 2 N–H and O–H groups in total. The van der Waals surface area contributed by atoms with Gasteiger partial charge in [0.1, 0.15) is 0 Å². The zero-order valence-electron chi connectivity index (χ0n) is 9.75. The topological polar surface area (TPSA) is 38.5 Å². The first kappa shape index (κ1) is 13.6. The molecule has 14 heavy (non-hydrogen) atoms.